The summed E-state index contributed by atoms with van der Waals surface area (Å²) < 4.78 is 0. The van der Waals surface area contributed by atoms with E-state index in [1.165, 1.54) is 22.4 Å². The lowest BCUT2D eigenvalue weighted by Crippen LogP contribution is -2.28. The first kappa shape index (κ1) is 13.6. The first-order valence-corrected chi connectivity index (χ1v) is 7.93. The maximum atomic E-state index is 11.0. The lowest BCUT2D eigenvalue weighted by molar-refractivity contribution is 0.0465. The smallest absolute Gasteiger partial charge is 0.0971 e. The van der Waals surface area contributed by atoms with Crippen LogP contribution in [-0.4, -0.2) is 18.2 Å². The molecule has 0 saturated carbocycles. The van der Waals surface area contributed by atoms with Crippen LogP contribution in [0.15, 0.2) is 65.7 Å². The molecule has 0 amide bonds. The molecule has 0 spiro atoms. The van der Waals surface area contributed by atoms with Crippen LogP contribution < -0.4 is 4.90 Å². The minimum Gasteiger partial charge on any atom is -0.384 e. The van der Waals surface area contributed by atoms with Crippen LogP contribution in [0.4, 0.5) is 5.69 Å². The van der Waals surface area contributed by atoms with Gasteiger partial charge in [-0.3, -0.25) is 0 Å². The molecule has 2 heteroatoms. The lowest BCUT2D eigenvalue weighted by atomic mass is 9.89. The van der Waals surface area contributed by atoms with Gasteiger partial charge >= 0.3 is 0 Å². The molecule has 2 aliphatic rings. The van der Waals surface area contributed by atoms with Gasteiger partial charge in [-0.25, -0.2) is 0 Å². The fourth-order valence-corrected chi connectivity index (χ4v) is 3.76. The topological polar surface area (TPSA) is 23.5 Å². The van der Waals surface area contributed by atoms with Gasteiger partial charge in [0.1, 0.15) is 0 Å². The zero-order chi connectivity index (χ0) is 15.2. The van der Waals surface area contributed by atoms with Crippen LogP contribution in [-0.2, 0) is 5.60 Å². The van der Waals surface area contributed by atoms with Crippen molar-refractivity contribution in [1.29, 1.82) is 0 Å². The summed E-state index contributed by atoms with van der Waals surface area (Å²) in [7, 11) is 0. The molecule has 4 rings (SSSR count). The largest absolute Gasteiger partial charge is 0.384 e. The number of nitrogens with zero attached hydrogens (tertiary/aromatic N) is 1. The van der Waals surface area contributed by atoms with Gasteiger partial charge in [0.25, 0.3) is 0 Å². The highest BCUT2D eigenvalue weighted by Crippen LogP contribution is 2.45. The maximum absolute atomic E-state index is 11.0. The van der Waals surface area contributed by atoms with E-state index in [4.69, 9.17) is 0 Å². The summed E-state index contributed by atoms with van der Waals surface area (Å²) in [5, 5.41) is 11.0. The summed E-state index contributed by atoms with van der Waals surface area (Å²) in [6.07, 6.45) is 1.55. The van der Waals surface area contributed by atoms with E-state index >= 15 is 0 Å². The summed E-state index contributed by atoms with van der Waals surface area (Å²) in [6, 6.07) is 18.8. The molecule has 1 N–H and O–H groups in total. The number of hydrogen-bond acceptors (Lipinski definition) is 2. The highest BCUT2D eigenvalue weighted by atomic mass is 16.3. The lowest BCUT2D eigenvalue weighted by Gasteiger charge is -2.28. The second-order valence-corrected chi connectivity index (χ2v) is 6.65. The van der Waals surface area contributed by atoms with E-state index in [9.17, 15) is 5.11 Å². The predicted molar refractivity (Wildman–Crippen MR) is 90.0 cm³/mol. The molecule has 0 radical (unpaired) electrons. The summed E-state index contributed by atoms with van der Waals surface area (Å²) in [6.45, 7) is 4.02. The van der Waals surface area contributed by atoms with Gasteiger partial charge in [-0.05, 0) is 35.8 Å². The van der Waals surface area contributed by atoms with Crippen molar-refractivity contribution in [1.82, 2.24) is 0 Å². The molecule has 0 fully saturated rings. The van der Waals surface area contributed by atoms with E-state index in [0.717, 1.165) is 31.5 Å². The van der Waals surface area contributed by atoms with Crippen molar-refractivity contribution in [3.05, 3.63) is 76.9 Å². The van der Waals surface area contributed by atoms with Crippen molar-refractivity contribution in [2.24, 2.45) is 0 Å². The normalized spacial score (nSPS) is 19.6. The SMILES string of the molecule is Cc1ccc(N2CC3=C(C2)CC(O)(c2ccccc2)C3)cc1. The molecule has 2 aromatic rings. The van der Waals surface area contributed by atoms with Crippen LogP contribution in [0.5, 0.6) is 0 Å². The molecule has 2 nitrogen and oxygen atoms in total. The Kier molecular flexibility index (Phi) is 3.08. The van der Waals surface area contributed by atoms with Crippen molar-refractivity contribution >= 4 is 5.69 Å². The standard InChI is InChI=1S/C20H21NO/c1-15-7-9-19(10-8-15)21-13-16-11-20(22,12-17(16)14-21)18-5-3-2-4-6-18/h2-10,22H,11-14H2,1H3. The Labute approximate surface area is 131 Å². The zero-order valence-electron chi connectivity index (χ0n) is 12.9. The Bertz CT molecular complexity index is 697. The number of anilines is 1. The number of aliphatic hydroxyl groups is 1. The van der Waals surface area contributed by atoms with Crippen LogP contribution in [0, 0.1) is 6.92 Å². The van der Waals surface area contributed by atoms with Gasteiger partial charge in [-0.1, -0.05) is 48.0 Å². The minimum atomic E-state index is -0.689. The number of rotatable bonds is 2. The zero-order valence-corrected chi connectivity index (χ0v) is 12.9. The van der Waals surface area contributed by atoms with E-state index < -0.39 is 5.60 Å². The van der Waals surface area contributed by atoms with Crippen LogP contribution in [0.3, 0.4) is 0 Å². The number of hydrogen-bond donors (Lipinski definition) is 1. The van der Waals surface area contributed by atoms with Gasteiger partial charge in [-0.2, -0.15) is 0 Å². The predicted octanol–water partition coefficient (Wildman–Crippen LogP) is 3.79. The fraction of sp³-hybridized carbons (Fsp3) is 0.300. The van der Waals surface area contributed by atoms with Gasteiger partial charge < -0.3 is 10.0 Å². The Hall–Kier alpha value is -2.06. The Balaban J connectivity index is 1.50. The molecular formula is C20H21NO. The maximum Gasteiger partial charge on any atom is 0.0971 e. The van der Waals surface area contributed by atoms with Crippen molar-refractivity contribution in [2.45, 2.75) is 25.4 Å². The van der Waals surface area contributed by atoms with Crippen molar-refractivity contribution < 1.29 is 5.11 Å². The van der Waals surface area contributed by atoms with Crippen LogP contribution in [0.1, 0.15) is 24.0 Å². The minimum absolute atomic E-state index is 0.689. The Morgan fingerprint density at radius 1 is 0.864 bits per heavy atom. The first-order valence-electron chi connectivity index (χ1n) is 7.93. The fourth-order valence-electron chi connectivity index (χ4n) is 3.76. The Morgan fingerprint density at radius 3 is 2.05 bits per heavy atom. The van der Waals surface area contributed by atoms with E-state index in [-0.39, 0.29) is 0 Å². The average Bonchev–Trinajstić information content (AvgIpc) is 3.05. The summed E-state index contributed by atoms with van der Waals surface area (Å²) in [4.78, 5) is 2.41. The average molecular weight is 291 g/mol. The summed E-state index contributed by atoms with van der Waals surface area (Å²) >= 11 is 0. The summed E-state index contributed by atoms with van der Waals surface area (Å²) in [5.74, 6) is 0. The van der Waals surface area contributed by atoms with E-state index in [2.05, 4.69) is 36.1 Å². The Morgan fingerprint density at radius 2 is 1.45 bits per heavy atom. The highest BCUT2D eigenvalue weighted by molar-refractivity contribution is 5.55. The molecule has 2 aromatic carbocycles. The van der Waals surface area contributed by atoms with Crippen LogP contribution in [0.25, 0.3) is 0 Å². The van der Waals surface area contributed by atoms with Crippen molar-refractivity contribution in [3.8, 4) is 0 Å². The van der Waals surface area contributed by atoms with E-state index in [1.54, 1.807) is 0 Å². The second-order valence-electron chi connectivity index (χ2n) is 6.65. The molecule has 112 valence electrons. The molecule has 22 heavy (non-hydrogen) atoms. The molecule has 1 aliphatic carbocycles. The molecule has 1 heterocycles. The van der Waals surface area contributed by atoms with E-state index in [0.29, 0.717) is 0 Å². The van der Waals surface area contributed by atoms with Crippen molar-refractivity contribution in [3.63, 3.8) is 0 Å². The van der Waals surface area contributed by atoms with Crippen molar-refractivity contribution in [2.75, 3.05) is 18.0 Å². The van der Waals surface area contributed by atoms with E-state index in [1.807, 2.05) is 30.3 Å². The van der Waals surface area contributed by atoms with Gasteiger partial charge in [0.05, 0.1) is 5.60 Å². The quantitative estimate of drug-likeness (QED) is 0.851. The third kappa shape index (κ3) is 2.24. The van der Waals surface area contributed by atoms with Gasteiger partial charge in [-0.15, -0.1) is 0 Å². The second kappa shape index (κ2) is 4.99. The molecule has 0 saturated heterocycles. The van der Waals surface area contributed by atoms with Gasteiger partial charge in [0.2, 0.25) is 0 Å². The molecule has 0 unspecified atom stereocenters. The molecule has 0 bridgehead atoms. The van der Waals surface area contributed by atoms with Gasteiger partial charge in [0, 0.05) is 31.6 Å². The van der Waals surface area contributed by atoms with Crippen LogP contribution in [0.2, 0.25) is 0 Å². The first-order chi connectivity index (χ1) is 10.6. The monoisotopic (exact) mass is 291 g/mol. The molecule has 0 aromatic heterocycles. The molecular weight excluding hydrogens is 270 g/mol. The van der Waals surface area contributed by atoms with Crippen LogP contribution >= 0.6 is 0 Å². The number of benzene rings is 2. The molecule has 1 aliphatic heterocycles. The number of aryl methyl sites for hydroxylation is 1. The highest BCUT2D eigenvalue weighted by Gasteiger charge is 2.41. The third-order valence-electron chi connectivity index (χ3n) is 4.99. The van der Waals surface area contributed by atoms with Gasteiger partial charge in [0.15, 0.2) is 0 Å². The third-order valence-corrected chi connectivity index (χ3v) is 4.99. The molecule has 0 atom stereocenters. The summed E-state index contributed by atoms with van der Waals surface area (Å²) in [5.41, 5.74) is 5.78.